The summed E-state index contributed by atoms with van der Waals surface area (Å²) in [6, 6.07) is 0. The first-order chi connectivity index (χ1) is 9.40. The molecule has 0 spiro atoms. The molecule has 0 atom stereocenters. The fraction of sp³-hybridized carbons (Fsp3) is 0.733. The molecule has 0 saturated carbocycles. The Morgan fingerprint density at radius 3 is 2.37 bits per heavy atom. The molecule has 2 rings (SSSR count). The van der Waals surface area contributed by atoms with Gasteiger partial charge in [0.25, 0.3) is 0 Å². The Balaban J connectivity index is 1.54. The zero-order valence-corrected chi connectivity index (χ0v) is 12.5. The molecule has 3 nitrogen and oxygen atoms in total. The molecule has 0 radical (unpaired) electrons. The topological polar surface area (TPSA) is 27.7 Å². The second-order valence-corrected chi connectivity index (χ2v) is 5.73. The van der Waals surface area contributed by atoms with E-state index in [1.807, 2.05) is 10.8 Å². The van der Waals surface area contributed by atoms with Crippen molar-refractivity contribution in [1.29, 1.82) is 0 Å². The van der Waals surface area contributed by atoms with Crippen LogP contribution in [0.4, 0.5) is 0 Å². The van der Waals surface area contributed by atoms with Gasteiger partial charge in [0.05, 0.1) is 0 Å². The molecule has 2 heterocycles. The Kier molecular flexibility index (Phi) is 6.51. The Morgan fingerprint density at radius 2 is 1.68 bits per heavy atom. The molecule has 0 saturated heterocycles. The van der Waals surface area contributed by atoms with Crippen LogP contribution in [0.3, 0.4) is 0 Å². The lowest BCUT2D eigenvalue weighted by atomic mass is 10.1. The average molecular weight is 284 g/mol. The molecule has 1 aliphatic heterocycles. The number of hydrogen-bond donors (Lipinski definition) is 0. The monoisotopic (exact) mass is 284 g/mol. The van der Waals surface area contributed by atoms with Crippen molar-refractivity contribution in [3.63, 3.8) is 0 Å². The summed E-state index contributed by atoms with van der Waals surface area (Å²) in [5.41, 5.74) is 0. The summed E-state index contributed by atoms with van der Waals surface area (Å²) in [6.07, 6.45) is 7.80. The van der Waals surface area contributed by atoms with Gasteiger partial charge in [-0.05, 0) is 6.42 Å². The zero-order chi connectivity index (χ0) is 13.3. The highest BCUT2D eigenvalue weighted by atomic mass is 32.1. The van der Waals surface area contributed by atoms with Gasteiger partial charge in [-0.3, -0.25) is 0 Å². The third-order valence-electron chi connectivity index (χ3n) is 3.29. The van der Waals surface area contributed by atoms with E-state index in [4.69, 9.17) is 14.2 Å². The summed E-state index contributed by atoms with van der Waals surface area (Å²) >= 11 is 1.61. The van der Waals surface area contributed by atoms with Gasteiger partial charge in [0.2, 0.25) is 0 Å². The highest BCUT2D eigenvalue weighted by Crippen LogP contribution is 2.33. The van der Waals surface area contributed by atoms with E-state index in [1.165, 1.54) is 32.1 Å². The van der Waals surface area contributed by atoms with Gasteiger partial charge in [-0.1, -0.05) is 39.0 Å². The summed E-state index contributed by atoms with van der Waals surface area (Å²) in [7, 11) is 0. The molecule has 4 heteroatoms. The molecular formula is C15H24O3S. The van der Waals surface area contributed by atoms with Crippen molar-refractivity contribution in [3.05, 3.63) is 10.8 Å². The maximum Gasteiger partial charge on any atom is 0.172 e. The molecule has 0 bridgehead atoms. The van der Waals surface area contributed by atoms with Gasteiger partial charge in [-0.2, -0.15) is 0 Å². The van der Waals surface area contributed by atoms with Crippen LogP contribution in [-0.4, -0.2) is 25.9 Å². The van der Waals surface area contributed by atoms with Crippen molar-refractivity contribution in [3.8, 4) is 11.5 Å². The van der Waals surface area contributed by atoms with E-state index < -0.39 is 0 Å². The Labute approximate surface area is 119 Å². The van der Waals surface area contributed by atoms with Crippen molar-refractivity contribution < 1.29 is 14.2 Å². The SMILES string of the molecule is CCCCCCCCOC1COc2cscc2OC1. The van der Waals surface area contributed by atoms with Gasteiger partial charge >= 0.3 is 0 Å². The van der Waals surface area contributed by atoms with E-state index in [1.54, 1.807) is 11.3 Å². The van der Waals surface area contributed by atoms with Gasteiger partial charge in [-0.25, -0.2) is 0 Å². The van der Waals surface area contributed by atoms with E-state index in [0.29, 0.717) is 13.2 Å². The number of rotatable bonds is 8. The summed E-state index contributed by atoms with van der Waals surface area (Å²) in [5, 5.41) is 3.96. The van der Waals surface area contributed by atoms with Crippen molar-refractivity contribution in [2.24, 2.45) is 0 Å². The highest BCUT2D eigenvalue weighted by Gasteiger charge is 2.19. The summed E-state index contributed by atoms with van der Waals surface area (Å²) < 4.78 is 17.2. The minimum Gasteiger partial charge on any atom is -0.486 e. The number of fused-ring (bicyclic) bond motifs is 1. The molecule has 0 aliphatic carbocycles. The van der Waals surface area contributed by atoms with Crippen LogP contribution in [0.15, 0.2) is 10.8 Å². The van der Waals surface area contributed by atoms with E-state index in [0.717, 1.165) is 24.5 Å². The van der Waals surface area contributed by atoms with Crippen LogP contribution < -0.4 is 9.47 Å². The molecular weight excluding hydrogens is 260 g/mol. The second kappa shape index (κ2) is 8.43. The molecule has 1 aliphatic rings. The van der Waals surface area contributed by atoms with Crippen molar-refractivity contribution >= 4 is 11.3 Å². The number of ether oxygens (including phenoxy) is 3. The van der Waals surface area contributed by atoms with Crippen LogP contribution in [0.1, 0.15) is 45.4 Å². The van der Waals surface area contributed by atoms with Gasteiger partial charge in [0, 0.05) is 17.4 Å². The molecule has 1 aromatic rings. The number of thiophene rings is 1. The molecule has 0 fully saturated rings. The van der Waals surface area contributed by atoms with Gasteiger partial charge in [0.15, 0.2) is 11.5 Å². The highest BCUT2D eigenvalue weighted by molar-refractivity contribution is 7.08. The minimum atomic E-state index is 0.0630. The standard InChI is InChI=1S/C15H24O3S/c1-2-3-4-5-6-7-8-16-13-9-17-14-11-19-12-15(14)18-10-13/h11-13H,2-10H2,1H3. The maximum absolute atomic E-state index is 5.82. The Morgan fingerprint density at radius 1 is 1.05 bits per heavy atom. The third kappa shape index (κ3) is 5.03. The van der Waals surface area contributed by atoms with Crippen molar-refractivity contribution in [1.82, 2.24) is 0 Å². The fourth-order valence-corrected chi connectivity index (χ4v) is 2.81. The Hall–Kier alpha value is -0.740. The van der Waals surface area contributed by atoms with Crippen LogP contribution in [0.5, 0.6) is 11.5 Å². The number of unbranched alkanes of at least 4 members (excludes halogenated alkanes) is 5. The maximum atomic E-state index is 5.82. The van der Waals surface area contributed by atoms with E-state index >= 15 is 0 Å². The van der Waals surface area contributed by atoms with Gasteiger partial charge in [0.1, 0.15) is 19.3 Å². The van der Waals surface area contributed by atoms with Crippen LogP contribution in [-0.2, 0) is 4.74 Å². The Bertz CT molecular complexity index is 328. The lowest BCUT2D eigenvalue weighted by molar-refractivity contribution is 0.00107. The first-order valence-electron chi connectivity index (χ1n) is 7.33. The van der Waals surface area contributed by atoms with Crippen LogP contribution in [0.2, 0.25) is 0 Å². The van der Waals surface area contributed by atoms with E-state index in [9.17, 15) is 0 Å². The molecule has 108 valence electrons. The largest absolute Gasteiger partial charge is 0.486 e. The first kappa shape index (κ1) is 14.7. The molecule has 0 N–H and O–H groups in total. The zero-order valence-electron chi connectivity index (χ0n) is 11.7. The molecule has 0 unspecified atom stereocenters. The molecule has 1 aromatic heterocycles. The van der Waals surface area contributed by atoms with E-state index in [2.05, 4.69) is 6.92 Å². The van der Waals surface area contributed by atoms with Gasteiger partial charge < -0.3 is 14.2 Å². The quantitative estimate of drug-likeness (QED) is 0.667. The second-order valence-electron chi connectivity index (χ2n) is 4.98. The molecule has 19 heavy (non-hydrogen) atoms. The fourth-order valence-electron chi connectivity index (χ4n) is 2.13. The normalized spacial score (nSPS) is 15.4. The van der Waals surface area contributed by atoms with Crippen molar-refractivity contribution in [2.75, 3.05) is 19.8 Å². The third-order valence-corrected chi connectivity index (χ3v) is 3.99. The summed E-state index contributed by atoms with van der Waals surface area (Å²) in [6.45, 7) is 4.25. The predicted molar refractivity (Wildman–Crippen MR) is 78.4 cm³/mol. The lowest BCUT2D eigenvalue weighted by Crippen LogP contribution is -2.27. The smallest absolute Gasteiger partial charge is 0.172 e. The minimum absolute atomic E-state index is 0.0630. The summed E-state index contributed by atoms with van der Waals surface area (Å²) in [4.78, 5) is 0. The predicted octanol–water partition coefficient (Wildman–Crippen LogP) is 4.27. The molecule has 0 aromatic carbocycles. The summed E-state index contributed by atoms with van der Waals surface area (Å²) in [5.74, 6) is 1.71. The number of hydrogen-bond acceptors (Lipinski definition) is 4. The van der Waals surface area contributed by atoms with E-state index in [-0.39, 0.29) is 6.10 Å². The van der Waals surface area contributed by atoms with Crippen LogP contribution in [0.25, 0.3) is 0 Å². The van der Waals surface area contributed by atoms with Crippen molar-refractivity contribution in [2.45, 2.75) is 51.6 Å². The van der Waals surface area contributed by atoms with Gasteiger partial charge in [-0.15, -0.1) is 11.3 Å². The lowest BCUT2D eigenvalue weighted by Gasteiger charge is -2.14. The average Bonchev–Trinajstić information content (AvgIpc) is 2.79. The molecule has 0 amide bonds. The first-order valence-corrected chi connectivity index (χ1v) is 8.28. The van der Waals surface area contributed by atoms with Crippen LogP contribution >= 0.6 is 11.3 Å². The van der Waals surface area contributed by atoms with Crippen LogP contribution in [0, 0.1) is 0 Å².